The molecule has 8 heavy (non-hydrogen) atoms. The van der Waals surface area contributed by atoms with Crippen molar-refractivity contribution in [2.45, 2.75) is 19.6 Å². The smallest absolute Gasteiger partial charge is 0.151 e. The summed E-state index contributed by atoms with van der Waals surface area (Å²) in [4.78, 5) is 0. The number of hydrogen-bond acceptors (Lipinski definition) is 3. The molecule has 1 unspecified atom stereocenters. The Kier molecular flexibility index (Phi) is 3.77. The molecule has 0 aliphatic rings. The van der Waals surface area contributed by atoms with Crippen LogP contribution in [0.3, 0.4) is 0 Å². The van der Waals surface area contributed by atoms with Crippen LogP contribution in [-0.2, 0) is 0 Å². The Morgan fingerprint density at radius 1 is 1.38 bits per heavy atom. The van der Waals surface area contributed by atoms with E-state index in [4.69, 9.17) is 15.3 Å². The highest BCUT2D eigenvalue weighted by atomic mass is 16.5. The molecular weight excluding hydrogens is 108 g/mol. The van der Waals surface area contributed by atoms with Crippen LogP contribution in [-0.4, -0.2) is 28.2 Å². The van der Waals surface area contributed by atoms with Crippen LogP contribution in [0, 0.1) is 5.92 Å². The molecule has 0 bridgehead atoms. The van der Waals surface area contributed by atoms with E-state index in [0.29, 0.717) is 0 Å². The molecule has 0 aliphatic heterocycles. The molecule has 3 heteroatoms. The van der Waals surface area contributed by atoms with Crippen LogP contribution in [0.25, 0.3) is 0 Å². The van der Waals surface area contributed by atoms with Crippen molar-refractivity contribution in [3.63, 3.8) is 0 Å². The summed E-state index contributed by atoms with van der Waals surface area (Å²) < 4.78 is 0. The summed E-state index contributed by atoms with van der Waals surface area (Å²) in [5.74, 6) is -0.0185. The third-order valence-electron chi connectivity index (χ3n) is 0.925. The Balaban J connectivity index is 3.10. The molecule has 3 nitrogen and oxygen atoms in total. The first kappa shape index (κ1) is 7.88. The predicted octanol–water partition coefficient (Wildman–Crippen LogP) is -0.684. The van der Waals surface area contributed by atoms with Crippen LogP contribution < -0.4 is 0 Å². The molecule has 1 atom stereocenters. The van der Waals surface area contributed by atoms with Gasteiger partial charge < -0.3 is 15.3 Å². The first-order valence-electron chi connectivity index (χ1n) is 2.63. The lowest BCUT2D eigenvalue weighted by Crippen LogP contribution is -2.12. The molecule has 0 aromatic rings. The normalized spacial score (nSPS) is 14.6. The van der Waals surface area contributed by atoms with Crippen LogP contribution in [0.1, 0.15) is 13.3 Å². The summed E-state index contributed by atoms with van der Waals surface area (Å²) in [5, 5.41) is 25.0. The van der Waals surface area contributed by atoms with Crippen molar-refractivity contribution >= 4 is 0 Å². The van der Waals surface area contributed by atoms with Gasteiger partial charge in [-0.05, 0) is 5.92 Å². The average Bonchev–Trinajstić information content (AvgIpc) is 1.65. The van der Waals surface area contributed by atoms with E-state index in [9.17, 15) is 0 Å². The average molecular weight is 120 g/mol. The van der Waals surface area contributed by atoms with E-state index in [-0.39, 0.29) is 18.9 Å². The fourth-order valence-corrected chi connectivity index (χ4v) is 0.434. The van der Waals surface area contributed by atoms with Crippen LogP contribution in [0.2, 0.25) is 0 Å². The van der Waals surface area contributed by atoms with Crippen molar-refractivity contribution in [2.24, 2.45) is 5.92 Å². The van der Waals surface area contributed by atoms with Gasteiger partial charge in [-0.15, -0.1) is 0 Å². The molecule has 0 aliphatic carbocycles. The summed E-state index contributed by atoms with van der Waals surface area (Å²) in [6, 6.07) is 0. The van der Waals surface area contributed by atoms with Gasteiger partial charge in [-0.25, -0.2) is 0 Å². The summed E-state index contributed by atoms with van der Waals surface area (Å²) >= 11 is 0. The highest BCUT2D eigenvalue weighted by molar-refractivity contribution is 4.49. The maximum Gasteiger partial charge on any atom is 0.151 e. The van der Waals surface area contributed by atoms with E-state index < -0.39 is 6.29 Å². The van der Waals surface area contributed by atoms with Crippen molar-refractivity contribution in [1.29, 1.82) is 0 Å². The molecule has 0 radical (unpaired) electrons. The molecule has 0 aromatic heterocycles. The minimum Gasteiger partial charge on any atom is -0.396 e. The highest BCUT2D eigenvalue weighted by Crippen LogP contribution is 2.01. The number of hydrogen-bond donors (Lipinski definition) is 3. The molecule has 3 N–H and O–H groups in total. The minimum absolute atomic E-state index is 0.0115. The first-order chi connectivity index (χ1) is 3.66. The van der Waals surface area contributed by atoms with Gasteiger partial charge in [0.05, 0.1) is 0 Å². The third kappa shape index (κ3) is 4.05. The van der Waals surface area contributed by atoms with Gasteiger partial charge in [-0.2, -0.15) is 0 Å². The number of aliphatic hydroxyl groups excluding tert-OH is 2. The Morgan fingerprint density at radius 2 is 1.88 bits per heavy atom. The second kappa shape index (κ2) is 3.83. The van der Waals surface area contributed by atoms with E-state index in [1.165, 1.54) is 0 Å². The summed E-state index contributed by atoms with van der Waals surface area (Å²) in [5.41, 5.74) is 0. The van der Waals surface area contributed by atoms with E-state index in [2.05, 4.69) is 0 Å². The zero-order valence-corrected chi connectivity index (χ0v) is 4.91. The summed E-state index contributed by atoms with van der Waals surface area (Å²) in [6.45, 7) is 1.76. The molecule has 0 aromatic carbocycles. The van der Waals surface area contributed by atoms with E-state index in [1.54, 1.807) is 6.92 Å². The lowest BCUT2D eigenvalue weighted by molar-refractivity contribution is -0.0585. The van der Waals surface area contributed by atoms with Crippen molar-refractivity contribution in [2.75, 3.05) is 6.61 Å². The van der Waals surface area contributed by atoms with E-state index in [1.807, 2.05) is 0 Å². The van der Waals surface area contributed by atoms with Gasteiger partial charge in [0.25, 0.3) is 0 Å². The van der Waals surface area contributed by atoms with Crippen LogP contribution in [0.4, 0.5) is 0 Å². The molecule has 0 spiro atoms. The Bertz CT molecular complexity index is 53.6. The van der Waals surface area contributed by atoms with Gasteiger partial charge in [-0.3, -0.25) is 0 Å². The quantitative estimate of drug-likeness (QED) is 0.432. The van der Waals surface area contributed by atoms with Crippen LogP contribution in [0.15, 0.2) is 0 Å². The van der Waals surface area contributed by atoms with E-state index in [0.717, 1.165) is 0 Å². The zero-order valence-electron chi connectivity index (χ0n) is 4.91. The monoisotopic (exact) mass is 120 g/mol. The summed E-state index contributed by atoms with van der Waals surface area (Å²) in [6.07, 6.45) is -1.03. The Hall–Kier alpha value is -0.120. The fourth-order valence-electron chi connectivity index (χ4n) is 0.434. The SMILES string of the molecule is CC(CO)CC(O)O. The molecule has 0 amide bonds. The first-order valence-corrected chi connectivity index (χ1v) is 2.63. The molecule has 0 fully saturated rings. The van der Waals surface area contributed by atoms with Gasteiger partial charge in [0, 0.05) is 13.0 Å². The third-order valence-corrected chi connectivity index (χ3v) is 0.925. The van der Waals surface area contributed by atoms with Crippen molar-refractivity contribution in [3.8, 4) is 0 Å². The van der Waals surface area contributed by atoms with Crippen LogP contribution in [0.5, 0.6) is 0 Å². The van der Waals surface area contributed by atoms with Gasteiger partial charge in [0.15, 0.2) is 6.29 Å². The maximum atomic E-state index is 8.36. The lowest BCUT2D eigenvalue weighted by atomic mass is 10.1. The number of rotatable bonds is 3. The molecule has 0 saturated carbocycles. The second-order valence-corrected chi connectivity index (χ2v) is 2.00. The highest BCUT2D eigenvalue weighted by Gasteiger charge is 2.03. The van der Waals surface area contributed by atoms with Gasteiger partial charge in [0.1, 0.15) is 0 Å². The molecule has 50 valence electrons. The largest absolute Gasteiger partial charge is 0.396 e. The number of aliphatic hydroxyl groups is 3. The molecule has 0 rings (SSSR count). The molecule has 0 heterocycles. The standard InChI is InChI=1S/C5H12O3/c1-4(3-6)2-5(7)8/h4-8H,2-3H2,1H3. The van der Waals surface area contributed by atoms with Crippen molar-refractivity contribution in [1.82, 2.24) is 0 Å². The van der Waals surface area contributed by atoms with E-state index >= 15 is 0 Å². The zero-order chi connectivity index (χ0) is 6.57. The Labute approximate surface area is 48.6 Å². The van der Waals surface area contributed by atoms with Crippen molar-refractivity contribution in [3.05, 3.63) is 0 Å². The lowest BCUT2D eigenvalue weighted by Gasteiger charge is -2.07. The second-order valence-electron chi connectivity index (χ2n) is 2.00. The van der Waals surface area contributed by atoms with Crippen molar-refractivity contribution < 1.29 is 15.3 Å². The van der Waals surface area contributed by atoms with Gasteiger partial charge >= 0.3 is 0 Å². The Morgan fingerprint density at radius 3 is 2.00 bits per heavy atom. The predicted molar refractivity (Wildman–Crippen MR) is 29.1 cm³/mol. The fraction of sp³-hybridized carbons (Fsp3) is 1.00. The van der Waals surface area contributed by atoms with Crippen LogP contribution >= 0.6 is 0 Å². The van der Waals surface area contributed by atoms with Gasteiger partial charge in [-0.1, -0.05) is 6.92 Å². The topological polar surface area (TPSA) is 60.7 Å². The molecular formula is C5H12O3. The minimum atomic E-state index is -1.28. The van der Waals surface area contributed by atoms with Gasteiger partial charge in [0.2, 0.25) is 0 Å². The summed E-state index contributed by atoms with van der Waals surface area (Å²) in [7, 11) is 0. The molecule has 0 saturated heterocycles. The maximum absolute atomic E-state index is 8.36.